The fourth-order valence-corrected chi connectivity index (χ4v) is 1.84. The Hall–Kier alpha value is -2.09. The quantitative estimate of drug-likeness (QED) is 0.710. The number of hydrogen-bond donors (Lipinski definition) is 3. The second-order valence-electron chi connectivity index (χ2n) is 4.29. The average Bonchev–Trinajstić information content (AvgIpc) is 2.97. The molecule has 2 amide bonds. The van der Waals surface area contributed by atoms with Crippen LogP contribution in [0.15, 0.2) is 12.4 Å². The Balaban J connectivity index is 1.74. The highest BCUT2D eigenvalue weighted by atomic mass is 16.5. The first-order chi connectivity index (χ1) is 9.13. The van der Waals surface area contributed by atoms with Gasteiger partial charge < -0.3 is 20.5 Å². The van der Waals surface area contributed by atoms with E-state index in [1.807, 2.05) is 0 Å². The summed E-state index contributed by atoms with van der Waals surface area (Å²) in [6, 6.07) is -0.356. The second kappa shape index (κ2) is 6.19. The molecule has 8 heteroatoms. The third kappa shape index (κ3) is 4.25. The number of rotatable bonds is 5. The molecule has 2 rings (SSSR count). The van der Waals surface area contributed by atoms with Crippen LogP contribution in [0, 0.1) is 0 Å². The number of urea groups is 1. The second-order valence-corrected chi connectivity index (χ2v) is 4.29. The van der Waals surface area contributed by atoms with Crippen LogP contribution in [0.25, 0.3) is 0 Å². The maximum absolute atomic E-state index is 11.6. The minimum absolute atomic E-state index is 0.0838. The average molecular weight is 268 g/mol. The first-order valence-corrected chi connectivity index (χ1v) is 6.04. The predicted octanol–water partition coefficient (Wildman–Crippen LogP) is 0.268. The van der Waals surface area contributed by atoms with E-state index in [4.69, 9.17) is 9.84 Å². The van der Waals surface area contributed by atoms with E-state index in [-0.39, 0.29) is 18.7 Å². The number of ether oxygens (including phenoxy) is 1. The fraction of sp³-hybridized carbons (Fsp3) is 0.545. The zero-order valence-electron chi connectivity index (χ0n) is 10.3. The molecule has 2 heterocycles. The van der Waals surface area contributed by atoms with E-state index < -0.39 is 5.97 Å². The van der Waals surface area contributed by atoms with Crippen molar-refractivity contribution in [2.24, 2.45) is 0 Å². The lowest BCUT2D eigenvalue weighted by Gasteiger charge is -2.10. The summed E-state index contributed by atoms with van der Waals surface area (Å²) in [4.78, 5) is 22.0. The molecule has 1 aliphatic heterocycles. The molecule has 1 aromatic heterocycles. The Morgan fingerprint density at radius 1 is 1.58 bits per heavy atom. The molecule has 3 N–H and O–H groups in total. The van der Waals surface area contributed by atoms with Crippen LogP contribution in [0.4, 0.5) is 10.5 Å². The molecule has 0 aliphatic carbocycles. The molecule has 1 unspecified atom stereocenters. The van der Waals surface area contributed by atoms with Gasteiger partial charge in [0.1, 0.15) is 6.54 Å². The summed E-state index contributed by atoms with van der Waals surface area (Å²) >= 11 is 0. The minimum Gasteiger partial charge on any atom is -0.480 e. The molecular formula is C11H16N4O4. The first kappa shape index (κ1) is 13.3. The monoisotopic (exact) mass is 268 g/mol. The molecule has 0 radical (unpaired) electrons. The van der Waals surface area contributed by atoms with E-state index in [2.05, 4.69) is 15.7 Å². The van der Waals surface area contributed by atoms with Gasteiger partial charge in [0.15, 0.2) is 0 Å². The number of carbonyl (C=O) groups excluding carboxylic acids is 1. The van der Waals surface area contributed by atoms with Crippen molar-refractivity contribution >= 4 is 17.7 Å². The normalized spacial score (nSPS) is 18.2. The van der Waals surface area contributed by atoms with Gasteiger partial charge >= 0.3 is 12.0 Å². The van der Waals surface area contributed by atoms with Crippen LogP contribution >= 0.6 is 0 Å². The van der Waals surface area contributed by atoms with Gasteiger partial charge in [-0.3, -0.25) is 9.48 Å². The SMILES string of the molecule is O=C(O)Cn1cc(NC(=O)NCC2CCCO2)cn1. The van der Waals surface area contributed by atoms with Gasteiger partial charge in [-0.15, -0.1) is 0 Å². The topological polar surface area (TPSA) is 105 Å². The molecule has 1 atom stereocenters. The number of hydrogen-bond acceptors (Lipinski definition) is 4. The van der Waals surface area contributed by atoms with Crippen LogP contribution in [0.3, 0.4) is 0 Å². The van der Waals surface area contributed by atoms with Gasteiger partial charge in [-0.2, -0.15) is 5.10 Å². The maximum atomic E-state index is 11.6. The number of carbonyl (C=O) groups is 2. The van der Waals surface area contributed by atoms with Gasteiger partial charge in [-0.1, -0.05) is 0 Å². The number of aliphatic carboxylic acids is 1. The standard InChI is InChI=1S/C11H16N4O4/c16-10(17)7-15-6-8(4-13-15)14-11(18)12-5-9-2-1-3-19-9/h4,6,9H,1-3,5,7H2,(H,16,17)(H2,12,14,18). The van der Waals surface area contributed by atoms with Crippen LogP contribution in [-0.4, -0.2) is 46.1 Å². The van der Waals surface area contributed by atoms with Gasteiger partial charge in [-0.05, 0) is 12.8 Å². The third-order valence-electron chi connectivity index (χ3n) is 2.70. The van der Waals surface area contributed by atoms with Crippen molar-refractivity contribution in [3.8, 4) is 0 Å². The highest BCUT2D eigenvalue weighted by molar-refractivity contribution is 5.88. The lowest BCUT2D eigenvalue weighted by Crippen LogP contribution is -2.34. The van der Waals surface area contributed by atoms with E-state index in [9.17, 15) is 9.59 Å². The number of carboxylic acids is 1. The highest BCUT2D eigenvalue weighted by Crippen LogP contribution is 2.10. The summed E-state index contributed by atoms with van der Waals surface area (Å²) in [6.07, 6.45) is 4.92. The van der Waals surface area contributed by atoms with Crippen LogP contribution in [0.2, 0.25) is 0 Å². The van der Waals surface area contributed by atoms with Gasteiger partial charge in [0.25, 0.3) is 0 Å². The van der Waals surface area contributed by atoms with Crippen LogP contribution in [0.1, 0.15) is 12.8 Å². The van der Waals surface area contributed by atoms with Crippen molar-refractivity contribution < 1.29 is 19.4 Å². The molecule has 1 aliphatic rings. The molecule has 0 aromatic carbocycles. The first-order valence-electron chi connectivity index (χ1n) is 6.04. The summed E-state index contributed by atoms with van der Waals surface area (Å²) in [6.45, 7) is 0.976. The molecule has 8 nitrogen and oxygen atoms in total. The molecular weight excluding hydrogens is 252 g/mol. The van der Waals surface area contributed by atoms with Crippen molar-refractivity contribution in [3.05, 3.63) is 12.4 Å². The van der Waals surface area contributed by atoms with Crippen molar-refractivity contribution in [3.63, 3.8) is 0 Å². The third-order valence-corrected chi connectivity index (χ3v) is 2.70. The molecule has 0 saturated carbocycles. The summed E-state index contributed by atoms with van der Waals surface area (Å²) in [5, 5.41) is 17.7. The molecule has 1 aromatic rings. The summed E-state index contributed by atoms with van der Waals surface area (Å²) in [7, 11) is 0. The van der Waals surface area contributed by atoms with E-state index in [1.54, 1.807) is 0 Å². The van der Waals surface area contributed by atoms with Crippen LogP contribution in [-0.2, 0) is 16.1 Å². The Kier molecular flexibility index (Phi) is 4.35. The number of nitrogens with one attached hydrogen (secondary N) is 2. The van der Waals surface area contributed by atoms with Crippen LogP contribution in [0.5, 0.6) is 0 Å². The van der Waals surface area contributed by atoms with Crippen molar-refractivity contribution in [2.75, 3.05) is 18.5 Å². The molecule has 1 fully saturated rings. The summed E-state index contributed by atoms with van der Waals surface area (Å²) in [5.41, 5.74) is 0.450. The van der Waals surface area contributed by atoms with Crippen molar-refractivity contribution in [2.45, 2.75) is 25.5 Å². The molecule has 1 saturated heterocycles. The lowest BCUT2D eigenvalue weighted by atomic mass is 10.2. The largest absolute Gasteiger partial charge is 0.480 e. The number of anilines is 1. The zero-order valence-corrected chi connectivity index (χ0v) is 10.3. The molecule has 0 spiro atoms. The van der Waals surface area contributed by atoms with E-state index >= 15 is 0 Å². The van der Waals surface area contributed by atoms with Crippen molar-refractivity contribution in [1.82, 2.24) is 15.1 Å². The van der Waals surface area contributed by atoms with Gasteiger partial charge in [-0.25, -0.2) is 4.79 Å². The Bertz CT molecular complexity index is 453. The Labute approximate surface area is 109 Å². The maximum Gasteiger partial charge on any atom is 0.325 e. The van der Waals surface area contributed by atoms with Crippen molar-refractivity contribution in [1.29, 1.82) is 0 Å². The molecule has 104 valence electrons. The fourth-order valence-electron chi connectivity index (χ4n) is 1.84. The summed E-state index contributed by atoms with van der Waals surface area (Å²) < 4.78 is 6.61. The van der Waals surface area contributed by atoms with E-state index in [0.29, 0.717) is 12.2 Å². The smallest absolute Gasteiger partial charge is 0.325 e. The minimum atomic E-state index is -0.988. The van der Waals surface area contributed by atoms with Gasteiger partial charge in [0.2, 0.25) is 0 Å². The molecule has 19 heavy (non-hydrogen) atoms. The predicted molar refractivity (Wildman–Crippen MR) is 65.9 cm³/mol. The van der Waals surface area contributed by atoms with E-state index in [1.165, 1.54) is 17.1 Å². The number of aromatic nitrogens is 2. The zero-order chi connectivity index (χ0) is 13.7. The van der Waals surface area contributed by atoms with E-state index in [0.717, 1.165) is 19.4 Å². The summed E-state index contributed by atoms with van der Waals surface area (Å²) in [5.74, 6) is -0.988. The number of nitrogens with zero attached hydrogens (tertiary/aromatic N) is 2. The van der Waals surface area contributed by atoms with Gasteiger partial charge in [0, 0.05) is 19.3 Å². The number of carboxylic acid groups (broad SMARTS) is 1. The van der Waals surface area contributed by atoms with Gasteiger partial charge in [0.05, 0.1) is 18.0 Å². The lowest BCUT2D eigenvalue weighted by molar-refractivity contribution is -0.137. The molecule has 0 bridgehead atoms. The number of amides is 2. The van der Waals surface area contributed by atoms with Crippen LogP contribution < -0.4 is 10.6 Å². The highest BCUT2D eigenvalue weighted by Gasteiger charge is 2.16. The Morgan fingerprint density at radius 2 is 2.42 bits per heavy atom. The Morgan fingerprint density at radius 3 is 3.11 bits per heavy atom.